The molecule has 0 radical (unpaired) electrons. The van der Waals surface area contributed by atoms with Crippen LogP contribution in [0.1, 0.15) is 18.2 Å². The maximum absolute atomic E-state index is 12.3. The number of hydrogen-bond acceptors (Lipinski definition) is 6. The first-order valence-corrected chi connectivity index (χ1v) is 9.92. The molecule has 28 heavy (non-hydrogen) atoms. The number of rotatable bonds is 7. The number of amides is 1. The van der Waals surface area contributed by atoms with Crippen molar-refractivity contribution >= 4 is 17.2 Å². The minimum atomic E-state index is -0.0683. The molecule has 0 unspecified atom stereocenters. The van der Waals surface area contributed by atoms with Gasteiger partial charge in [-0.2, -0.15) is 0 Å². The summed E-state index contributed by atoms with van der Waals surface area (Å²) in [7, 11) is 0. The van der Waals surface area contributed by atoms with E-state index in [1.54, 1.807) is 0 Å². The molecule has 1 aromatic heterocycles. The Balaban J connectivity index is 1.32. The Hall–Kier alpha value is -3.06. The van der Waals surface area contributed by atoms with Crippen LogP contribution >= 0.6 is 11.3 Å². The average molecular weight is 396 g/mol. The van der Waals surface area contributed by atoms with Gasteiger partial charge in [-0.3, -0.25) is 4.79 Å². The van der Waals surface area contributed by atoms with E-state index in [4.69, 9.17) is 14.2 Å². The van der Waals surface area contributed by atoms with Gasteiger partial charge in [0.15, 0.2) is 11.5 Å². The monoisotopic (exact) mass is 396 g/mol. The largest absolute Gasteiger partial charge is 0.494 e. The number of carbonyl (C=O) groups excluding carboxylic acids is 1. The number of benzene rings is 2. The lowest BCUT2D eigenvalue weighted by atomic mass is 10.2. The molecule has 1 aliphatic heterocycles. The van der Waals surface area contributed by atoms with Gasteiger partial charge in [-0.15, -0.1) is 11.3 Å². The maximum atomic E-state index is 12.3. The van der Waals surface area contributed by atoms with E-state index in [1.807, 2.05) is 54.8 Å². The summed E-state index contributed by atoms with van der Waals surface area (Å²) in [4.78, 5) is 16.8. The van der Waals surface area contributed by atoms with Gasteiger partial charge in [-0.05, 0) is 48.9 Å². The molecule has 2 heterocycles. The first kappa shape index (κ1) is 18.3. The topological polar surface area (TPSA) is 69.7 Å². The molecule has 0 bridgehead atoms. The third-order valence-electron chi connectivity index (χ3n) is 4.23. The molecule has 7 heteroatoms. The van der Waals surface area contributed by atoms with Crippen LogP contribution in [0, 0.1) is 0 Å². The van der Waals surface area contributed by atoms with Crippen LogP contribution in [0.5, 0.6) is 17.2 Å². The van der Waals surface area contributed by atoms with Crippen molar-refractivity contribution in [2.75, 3.05) is 13.4 Å². The zero-order chi connectivity index (χ0) is 19.3. The van der Waals surface area contributed by atoms with E-state index in [1.165, 1.54) is 11.3 Å². The smallest absolute Gasteiger partial charge is 0.231 e. The fourth-order valence-corrected chi connectivity index (χ4v) is 3.69. The summed E-state index contributed by atoms with van der Waals surface area (Å²) < 4.78 is 16.1. The second kappa shape index (κ2) is 8.31. The second-order valence-corrected chi connectivity index (χ2v) is 7.10. The van der Waals surface area contributed by atoms with Crippen molar-refractivity contribution in [1.82, 2.24) is 10.3 Å². The lowest BCUT2D eigenvalue weighted by molar-refractivity contribution is -0.120. The van der Waals surface area contributed by atoms with Gasteiger partial charge < -0.3 is 19.5 Å². The standard InChI is InChI=1S/C21H20N2O4S/c1-2-25-17-6-4-15(5-7-17)21-23-16(12-28-21)10-20(24)22-11-14-3-8-18-19(9-14)27-13-26-18/h3-9,12H,2,10-11,13H2,1H3,(H,22,24). The summed E-state index contributed by atoms with van der Waals surface area (Å²) in [5.41, 5.74) is 2.74. The van der Waals surface area contributed by atoms with E-state index in [9.17, 15) is 4.79 Å². The quantitative estimate of drug-likeness (QED) is 0.658. The van der Waals surface area contributed by atoms with Gasteiger partial charge in [-0.1, -0.05) is 6.07 Å². The summed E-state index contributed by atoms with van der Waals surface area (Å²) in [6, 6.07) is 13.5. The number of aromatic nitrogens is 1. The molecule has 0 saturated carbocycles. The molecule has 144 valence electrons. The predicted molar refractivity (Wildman–Crippen MR) is 107 cm³/mol. The van der Waals surface area contributed by atoms with Crippen LogP contribution in [0.4, 0.5) is 0 Å². The third-order valence-corrected chi connectivity index (χ3v) is 5.17. The maximum Gasteiger partial charge on any atom is 0.231 e. The van der Waals surface area contributed by atoms with Crippen LogP contribution < -0.4 is 19.5 Å². The van der Waals surface area contributed by atoms with Crippen LogP contribution in [0.15, 0.2) is 47.8 Å². The number of ether oxygens (including phenoxy) is 3. The molecule has 4 rings (SSSR count). The molecular weight excluding hydrogens is 376 g/mol. The van der Waals surface area contributed by atoms with Gasteiger partial charge in [0.2, 0.25) is 12.7 Å². The van der Waals surface area contributed by atoms with Crippen LogP contribution in [0.2, 0.25) is 0 Å². The van der Waals surface area contributed by atoms with Crippen molar-refractivity contribution in [2.24, 2.45) is 0 Å². The Bertz CT molecular complexity index is 969. The van der Waals surface area contributed by atoms with E-state index < -0.39 is 0 Å². The molecule has 0 aliphatic carbocycles. The van der Waals surface area contributed by atoms with Crippen molar-refractivity contribution in [1.29, 1.82) is 0 Å². The van der Waals surface area contributed by atoms with E-state index in [0.717, 1.165) is 33.3 Å². The Kier molecular flexibility index (Phi) is 5.43. The fraction of sp³-hybridized carbons (Fsp3) is 0.238. The second-order valence-electron chi connectivity index (χ2n) is 6.24. The van der Waals surface area contributed by atoms with Crippen LogP contribution in [0.3, 0.4) is 0 Å². The van der Waals surface area contributed by atoms with Crippen LogP contribution in [-0.4, -0.2) is 24.3 Å². The van der Waals surface area contributed by atoms with Crippen molar-refractivity contribution in [3.05, 3.63) is 59.1 Å². The van der Waals surface area contributed by atoms with Crippen molar-refractivity contribution < 1.29 is 19.0 Å². The van der Waals surface area contributed by atoms with Gasteiger partial charge in [0.05, 0.1) is 18.7 Å². The van der Waals surface area contributed by atoms with Crippen molar-refractivity contribution in [3.63, 3.8) is 0 Å². The molecule has 2 aromatic carbocycles. The Labute approximate surface area is 167 Å². The summed E-state index contributed by atoms with van der Waals surface area (Å²) in [5, 5.41) is 5.73. The molecule has 1 aliphatic rings. The van der Waals surface area contributed by atoms with Crippen LogP contribution in [-0.2, 0) is 17.8 Å². The van der Waals surface area contributed by atoms with Gasteiger partial charge in [0, 0.05) is 17.5 Å². The average Bonchev–Trinajstić information content (AvgIpc) is 3.36. The molecule has 0 spiro atoms. The molecule has 0 saturated heterocycles. The van der Waals surface area contributed by atoms with Gasteiger partial charge in [0.1, 0.15) is 10.8 Å². The highest BCUT2D eigenvalue weighted by Crippen LogP contribution is 2.32. The minimum Gasteiger partial charge on any atom is -0.494 e. The molecule has 6 nitrogen and oxygen atoms in total. The van der Waals surface area contributed by atoms with Crippen molar-refractivity contribution in [2.45, 2.75) is 19.9 Å². The molecular formula is C21H20N2O4S. The first-order chi connectivity index (χ1) is 13.7. The number of nitrogens with zero attached hydrogens (tertiary/aromatic N) is 1. The zero-order valence-electron chi connectivity index (χ0n) is 15.4. The summed E-state index contributed by atoms with van der Waals surface area (Å²) in [6.07, 6.45) is 0.248. The number of carbonyl (C=O) groups is 1. The van der Waals surface area contributed by atoms with Gasteiger partial charge in [0.25, 0.3) is 0 Å². The SMILES string of the molecule is CCOc1ccc(-c2nc(CC(=O)NCc3ccc4c(c3)OCO4)cs2)cc1. The molecule has 1 amide bonds. The zero-order valence-corrected chi connectivity index (χ0v) is 16.3. The van der Waals surface area contributed by atoms with E-state index in [0.29, 0.717) is 18.9 Å². The molecule has 1 N–H and O–H groups in total. The summed E-state index contributed by atoms with van der Waals surface area (Å²) in [6.45, 7) is 3.28. The third kappa shape index (κ3) is 4.26. The van der Waals surface area contributed by atoms with Gasteiger partial charge in [-0.25, -0.2) is 4.98 Å². The molecule has 0 atom stereocenters. The highest BCUT2D eigenvalue weighted by Gasteiger charge is 2.14. The predicted octanol–water partition coefficient (Wildman–Crippen LogP) is 3.80. The molecule has 3 aromatic rings. The van der Waals surface area contributed by atoms with Crippen molar-refractivity contribution in [3.8, 4) is 27.8 Å². The first-order valence-electron chi connectivity index (χ1n) is 9.04. The Morgan fingerprint density at radius 2 is 2.00 bits per heavy atom. The number of nitrogens with one attached hydrogen (secondary N) is 1. The minimum absolute atomic E-state index is 0.0683. The fourth-order valence-electron chi connectivity index (χ4n) is 2.86. The lowest BCUT2D eigenvalue weighted by Crippen LogP contribution is -2.24. The Morgan fingerprint density at radius 1 is 1.18 bits per heavy atom. The van der Waals surface area contributed by atoms with Gasteiger partial charge >= 0.3 is 0 Å². The highest BCUT2D eigenvalue weighted by molar-refractivity contribution is 7.13. The van der Waals surface area contributed by atoms with Crippen LogP contribution in [0.25, 0.3) is 10.6 Å². The number of fused-ring (bicyclic) bond motifs is 1. The summed E-state index contributed by atoms with van der Waals surface area (Å²) in [5.74, 6) is 2.22. The van der Waals surface area contributed by atoms with E-state index >= 15 is 0 Å². The van der Waals surface area contributed by atoms with E-state index in [-0.39, 0.29) is 19.1 Å². The number of hydrogen-bond donors (Lipinski definition) is 1. The van der Waals surface area contributed by atoms with E-state index in [2.05, 4.69) is 10.3 Å². The Morgan fingerprint density at radius 3 is 2.82 bits per heavy atom. The lowest BCUT2D eigenvalue weighted by Gasteiger charge is -2.05. The molecule has 0 fully saturated rings. The normalized spacial score (nSPS) is 12.0. The highest BCUT2D eigenvalue weighted by atomic mass is 32.1. The number of thiazole rings is 1. The summed E-state index contributed by atoms with van der Waals surface area (Å²) >= 11 is 1.53.